The summed E-state index contributed by atoms with van der Waals surface area (Å²) in [4.78, 5) is 69.1. The Morgan fingerprint density at radius 3 is 1.63 bits per heavy atom. The van der Waals surface area contributed by atoms with Crippen LogP contribution in [0.5, 0.6) is 0 Å². The van der Waals surface area contributed by atoms with Gasteiger partial charge in [-0.05, 0) is 23.3 Å². The van der Waals surface area contributed by atoms with Crippen LogP contribution in [0.3, 0.4) is 0 Å². The molecule has 2 saturated heterocycles. The summed E-state index contributed by atoms with van der Waals surface area (Å²) in [5, 5.41) is 4.92. The van der Waals surface area contributed by atoms with Crippen molar-refractivity contribution in [2.45, 2.75) is 12.5 Å². The van der Waals surface area contributed by atoms with Gasteiger partial charge in [-0.2, -0.15) is 0 Å². The Labute approximate surface area is 219 Å². The van der Waals surface area contributed by atoms with E-state index in [1.54, 1.807) is 43.3 Å². The van der Waals surface area contributed by atoms with E-state index >= 15 is 0 Å². The molecule has 194 valence electrons. The smallest absolute Gasteiger partial charge is 0.252 e. The van der Waals surface area contributed by atoms with Gasteiger partial charge in [0.1, 0.15) is 0 Å². The van der Waals surface area contributed by atoms with Crippen LogP contribution in [-0.4, -0.2) is 59.2 Å². The highest BCUT2D eigenvalue weighted by Crippen LogP contribution is 2.69. The fourth-order valence-corrected chi connectivity index (χ4v) is 7.31. The molecule has 5 aliphatic rings. The highest BCUT2D eigenvalue weighted by molar-refractivity contribution is 6.15. The molecule has 7 rings (SSSR count). The average Bonchev–Trinajstić information content (AvgIpc) is 3.36. The Balaban J connectivity index is 1.66. The number of allylic oxidation sites excluding steroid dienone is 1. The largest absolute Gasteiger partial charge is 0.341 e. The van der Waals surface area contributed by atoms with E-state index in [0.717, 1.165) is 15.6 Å². The zero-order chi connectivity index (χ0) is 27.0. The number of hydrogen-bond acceptors (Lipinski definition) is 7. The molecule has 3 N–H and O–H groups in total. The summed E-state index contributed by atoms with van der Waals surface area (Å²) < 4.78 is 0. The van der Waals surface area contributed by atoms with E-state index in [9.17, 15) is 24.0 Å². The molecule has 2 aliphatic heterocycles. The van der Waals surface area contributed by atoms with Crippen LogP contribution in [-0.2, 0) is 19.2 Å². The lowest BCUT2D eigenvalue weighted by molar-refractivity contribution is -0.148. The topological polar surface area (TPSA) is 128 Å². The molecule has 4 atom stereocenters. The highest BCUT2D eigenvalue weighted by Gasteiger charge is 2.80. The number of carbonyl (C=O) groups is 5. The van der Waals surface area contributed by atoms with Crippen molar-refractivity contribution >= 4 is 35.1 Å². The van der Waals surface area contributed by atoms with Gasteiger partial charge in [-0.1, -0.05) is 61.5 Å². The monoisotopic (exact) mass is 513 g/mol. The van der Waals surface area contributed by atoms with Gasteiger partial charge in [0.05, 0.1) is 29.2 Å². The molecule has 10 nitrogen and oxygen atoms in total. The van der Waals surface area contributed by atoms with Gasteiger partial charge in [0.15, 0.2) is 0 Å². The molecular weight excluding hydrogens is 486 g/mol. The number of nitrogens with one attached hydrogen (secondary N) is 3. The number of carbonyl (C=O) groups excluding carboxylic acids is 5. The summed E-state index contributed by atoms with van der Waals surface area (Å²) in [7, 11) is 2.94. The highest BCUT2D eigenvalue weighted by atomic mass is 16.2. The quantitative estimate of drug-likeness (QED) is 0.504. The maximum atomic E-state index is 13.9. The Kier molecular flexibility index (Phi) is 5.21. The Morgan fingerprint density at radius 2 is 1.16 bits per heavy atom. The molecule has 2 bridgehead atoms. The zero-order valence-corrected chi connectivity index (χ0v) is 21.1. The predicted molar refractivity (Wildman–Crippen MR) is 135 cm³/mol. The minimum absolute atomic E-state index is 0.327. The molecule has 3 fully saturated rings. The van der Waals surface area contributed by atoms with E-state index in [2.05, 4.69) is 16.2 Å². The summed E-state index contributed by atoms with van der Waals surface area (Å²) in [5.41, 5.74) is 4.23. The van der Waals surface area contributed by atoms with Crippen molar-refractivity contribution in [1.29, 1.82) is 0 Å². The van der Waals surface area contributed by atoms with Crippen molar-refractivity contribution < 1.29 is 24.0 Å². The molecule has 5 amide bonds. The third-order valence-corrected chi connectivity index (χ3v) is 8.80. The van der Waals surface area contributed by atoms with Crippen molar-refractivity contribution in [2.75, 3.05) is 14.1 Å². The molecule has 0 spiro atoms. The summed E-state index contributed by atoms with van der Waals surface area (Å²) >= 11 is 0. The van der Waals surface area contributed by atoms with Crippen LogP contribution in [0.15, 0.2) is 66.7 Å². The third-order valence-electron chi connectivity index (χ3n) is 8.80. The molecule has 38 heavy (non-hydrogen) atoms. The molecule has 1 saturated carbocycles. The summed E-state index contributed by atoms with van der Waals surface area (Å²) in [6.45, 7) is 1.79. The SMILES string of the molecule is CNN1C(=O)C2C(C1=O)C1(C)C(c3ccccc3)=CC2(NC(=O)c2ccccc2)C2C(=O)N(NC)C(=O)C21. The van der Waals surface area contributed by atoms with Crippen molar-refractivity contribution in [2.24, 2.45) is 29.1 Å². The fourth-order valence-electron chi connectivity index (χ4n) is 7.31. The van der Waals surface area contributed by atoms with Crippen LogP contribution < -0.4 is 16.2 Å². The standard InChI is InChI=1S/C28H27N5O5/c1-27-17(15-10-6-4-7-11-15)14-28(31-22(34)16-12-8-5-9-13-16,20-18(27)23(35)32(29-2)25(20)37)21-19(27)24(36)33(30-3)26(21)38/h4-14,18-21,29-30H,1-3H3,(H,31,34). The third kappa shape index (κ3) is 2.81. The summed E-state index contributed by atoms with van der Waals surface area (Å²) in [6.07, 6.45) is 1.76. The number of hydrazine groups is 2. The average molecular weight is 514 g/mol. The second-order valence-corrected chi connectivity index (χ2v) is 10.3. The molecule has 3 aliphatic carbocycles. The maximum absolute atomic E-state index is 13.9. The first-order valence-electron chi connectivity index (χ1n) is 12.5. The van der Waals surface area contributed by atoms with E-state index < -0.39 is 64.2 Å². The molecule has 0 radical (unpaired) electrons. The minimum Gasteiger partial charge on any atom is -0.341 e. The summed E-state index contributed by atoms with van der Waals surface area (Å²) in [5.74, 6) is -6.77. The Hall–Kier alpha value is -4.15. The van der Waals surface area contributed by atoms with E-state index in [1.807, 2.05) is 30.3 Å². The normalized spacial score (nSPS) is 33.4. The van der Waals surface area contributed by atoms with Crippen LogP contribution in [0.25, 0.3) is 5.57 Å². The van der Waals surface area contributed by atoms with Crippen molar-refractivity contribution in [3.63, 3.8) is 0 Å². The number of benzene rings is 2. The first kappa shape index (κ1) is 24.2. The van der Waals surface area contributed by atoms with Gasteiger partial charge in [-0.3, -0.25) is 24.0 Å². The van der Waals surface area contributed by atoms with Gasteiger partial charge in [0.2, 0.25) is 23.6 Å². The molecule has 0 aromatic heterocycles. The van der Waals surface area contributed by atoms with Gasteiger partial charge in [-0.15, -0.1) is 0 Å². The van der Waals surface area contributed by atoms with E-state index in [1.165, 1.54) is 14.1 Å². The number of hydrogen-bond donors (Lipinski definition) is 3. The fraction of sp³-hybridized carbons (Fsp3) is 0.321. The van der Waals surface area contributed by atoms with Crippen LogP contribution in [0, 0.1) is 29.1 Å². The van der Waals surface area contributed by atoms with Crippen LogP contribution >= 0.6 is 0 Å². The van der Waals surface area contributed by atoms with Crippen LogP contribution in [0.1, 0.15) is 22.8 Å². The molecule has 2 aromatic carbocycles. The van der Waals surface area contributed by atoms with Crippen LogP contribution in [0.2, 0.25) is 0 Å². The van der Waals surface area contributed by atoms with Gasteiger partial charge < -0.3 is 5.32 Å². The second kappa shape index (κ2) is 8.17. The molecule has 2 heterocycles. The van der Waals surface area contributed by atoms with Crippen molar-refractivity contribution in [3.8, 4) is 0 Å². The molecular formula is C28H27N5O5. The van der Waals surface area contributed by atoms with E-state index in [0.29, 0.717) is 11.1 Å². The maximum Gasteiger partial charge on any atom is 0.252 e. The predicted octanol–water partition coefficient (Wildman–Crippen LogP) is 0.743. The number of amides is 5. The lowest BCUT2D eigenvalue weighted by Crippen LogP contribution is -2.72. The van der Waals surface area contributed by atoms with E-state index in [-0.39, 0.29) is 0 Å². The van der Waals surface area contributed by atoms with Crippen LogP contribution in [0.4, 0.5) is 0 Å². The van der Waals surface area contributed by atoms with Crippen molar-refractivity contribution in [1.82, 2.24) is 26.2 Å². The van der Waals surface area contributed by atoms with Gasteiger partial charge in [0, 0.05) is 25.1 Å². The molecule has 2 aromatic rings. The van der Waals surface area contributed by atoms with Crippen molar-refractivity contribution in [3.05, 3.63) is 77.9 Å². The number of nitrogens with zero attached hydrogens (tertiary/aromatic N) is 2. The molecule has 4 unspecified atom stereocenters. The summed E-state index contributed by atoms with van der Waals surface area (Å²) in [6, 6.07) is 17.7. The Morgan fingerprint density at radius 1 is 0.711 bits per heavy atom. The second-order valence-electron chi connectivity index (χ2n) is 10.3. The zero-order valence-electron chi connectivity index (χ0n) is 21.1. The van der Waals surface area contributed by atoms with Gasteiger partial charge in [0.25, 0.3) is 5.91 Å². The number of imide groups is 2. The van der Waals surface area contributed by atoms with Gasteiger partial charge in [-0.25, -0.2) is 20.9 Å². The number of rotatable bonds is 5. The first-order valence-corrected chi connectivity index (χ1v) is 12.5. The van der Waals surface area contributed by atoms with E-state index in [4.69, 9.17) is 0 Å². The lowest BCUT2D eigenvalue weighted by atomic mass is 9.41. The molecule has 10 heteroatoms. The van der Waals surface area contributed by atoms with Gasteiger partial charge >= 0.3 is 0 Å². The Bertz CT molecular complexity index is 1370. The first-order chi connectivity index (χ1) is 18.2. The minimum atomic E-state index is -1.64. The lowest BCUT2D eigenvalue weighted by Gasteiger charge is -2.60.